The minimum absolute atomic E-state index is 0. The van der Waals surface area contributed by atoms with Gasteiger partial charge in [0, 0.05) is 24.9 Å². The monoisotopic (exact) mass is 530 g/mol. The first kappa shape index (κ1) is 24.3. The van der Waals surface area contributed by atoms with E-state index in [0.717, 1.165) is 12.8 Å². The van der Waals surface area contributed by atoms with Gasteiger partial charge in [-0.15, -0.1) is 24.0 Å². The first-order valence-corrected chi connectivity index (χ1v) is 11.5. The SMILES string of the molecule is CN=C(NCCS(=O)(=O)Nc1ccc(C)c(F)c1)NC1CCC(SC)C1.I. The predicted octanol–water partition coefficient (Wildman–Crippen LogP) is 2.94. The van der Waals surface area contributed by atoms with Crippen LogP contribution in [0.3, 0.4) is 0 Å². The van der Waals surface area contributed by atoms with E-state index in [0.29, 0.717) is 22.8 Å². The molecule has 1 aromatic carbocycles. The van der Waals surface area contributed by atoms with Gasteiger partial charge in [-0.2, -0.15) is 11.8 Å². The van der Waals surface area contributed by atoms with E-state index < -0.39 is 15.8 Å². The van der Waals surface area contributed by atoms with Crippen molar-refractivity contribution in [3.05, 3.63) is 29.6 Å². The van der Waals surface area contributed by atoms with Crippen LogP contribution in [0, 0.1) is 12.7 Å². The molecule has 1 saturated carbocycles. The molecule has 1 fully saturated rings. The number of rotatable bonds is 7. The third-order valence-electron chi connectivity index (χ3n) is 4.39. The van der Waals surface area contributed by atoms with Gasteiger partial charge in [0.15, 0.2) is 5.96 Å². The summed E-state index contributed by atoms with van der Waals surface area (Å²) in [6.07, 6.45) is 5.48. The van der Waals surface area contributed by atoms with Crippen molar-refractivity contribution in [2.45, 2.75) is 37.5 Å². The van der Waals surface area contributed by atoms with Crippen LogP contribution in [0.25, 0.3) is 0 Å². The highest BCUT2D eigenvalue weighted by Crippen LogP contribution is 2.27. The van der Waals surface area contributed by atoms with Gasteiger partial charge in [0.25, 0.3) is 0 Å². The minimum Gasteiger partial charge on any atom is -0.355 e. The lowest BCUT2D eigenvalue weighted by Crippen LogP contribution is -2.44. The Balaban J connectivity index is 0.00000364. The fourth-order valence-electron chi connectivity index (χ4n) is 2.86. The van der Waals surface area contributed by atoms with Gasteiger partial charge in [0.2, 0.25) is 10.0 Å². The summed E-state index contributed by atoms with van der Waals surface area (Å²) < 4.78 is 40.2. The highest BCUT2D eigenvalue weighted by Gasteiger charge is 2.24. The molecule has 0 saturated heterocycles. The Morgan fingerprint density at radius 1 is 1.37 bits per heavy atom. The molecule has 6 nitrogen and oxygen atoms in total. The Bertz CT molecular complexity index is 746. The van der Waals surface area contributed by atoms with Crippen LogP contribution in [-0.2, 0) is 10.0 Å². The molecule has 3 N–H and O–H groups in total. The summed E-state index contributed by atoms with van der Waals surface area (Å²) in [5.74, 6) is 0.0303. The standard InChI is InChI=1S/C17H27FN4O2S2.HI/c1-12-4-5-14(11-16(12)18)22-26(23,24)9-8-20-17(19-2)21-13-6-7-15(10-13)25-3;/h4-5,11,13,15,22H,6-10H2,1-3H3,(H2,19,20,21);1H. The van der Waals surface area contributed by atoms with Crippen molar-refractivity contribution < 1.29 is 12.8 Å². The summed E-state index contributed by atoms with van der Waals surface area (Å²) >= 11 is 1.88. The molecule has 2 rings (SSSR count). The Morgan fingerprint density at radius 2 is 2.11 bits per heavy atom. The molecule has 1 aliphatic carbocycles. The fraction of sp³-hybridized carbons (Fsp3) is 0.588. The van der Waals surface area contributed by atoms with E-state index in [4.69, 9.17) is 0 Å². The second-order valence-electron chi connectivity index (χ2n) is 6.40. The predicted molar refractivity (Wildman–Crippen MR) is 123 cm³/mol. The third-order valence-corrected chi connectivity index (χ3v) is 6.77. The van der Waals surface area contributed by atoms with Gasteiger partial charge in [-0.1, -0.05) is 6.07 Å². The number of anilines is 1. The highest BCUT2D eigenvalue weighted by molar-refractivity contribution is 14.0. The lowest BCUT2D eigenvalue weighted by Gasteiger charge is -2.17. The molecule has 0 heterocycles. The summed E-state index contributed by atoms with van der Waals surface area (Å²) in [5, 5.41) is 7.04. The van der Waals surface area contributed by atoms with Crippen molar-refractivity contribution in [3.63, 3.8) is 0 Å². The zero-order chi connectivity index (χ0) is 19.2. The second kappa shape index (κ2) is 11.3. The summed E-state index contributed by atoms with van der Waals surface area (Å²) in [5.41, 5.74) is 0.699. The van der Waals surface area contributed by atoms with E-state index in [1.165, 1.54) is 12.5 Å². The van der Waals surface area contributed by atoms with Crippen LogP contribution >= 0.6 is 35.7 Å². The summed E-state index contributed by atoms with van der Waals surface area (Å²) in [4.78, 5) is 4.15. The number of thioether (sulfide) groups is 1. The molecule has 0 radical (unpaired) electrons. The molecule has 2 unspecified atom stereocenters. The lowest BCUT2D eigenvalue weighted by molar-refractivity contribution is 0.597. The maximum Gasteiger partial charge on any atom is 0.234 e. The fourth-order valence-corrected chi connectivity index (χ4v) is 4.62. The molecule has 1 aromatic rings. The number of guanidine groups is 1. The average Bonchev–Trinajstić information content (AvgIpc) is 3.04. The molecule has 10 heteroatoms. The van der Waals surface area contributed by atoms with E-state index >= 15 is 0 Å². The molecule has 27 heavy (non-hydrogen) atoms. The maximum atomic E-state index is 13.5. The molecule has 1 aliphatic rings. The van der Waals surface area contributed by atoms with Gasteiger partial charge >= 0.3 is 0 Å². The van der Waals surface area contributed by atoms with E-state index in [1.807, 2.05) is 11.8 Å². The first-order chi connectivity index (χ1) is 12.3. The van der Waals surface area contributed by atoms with Gasteiger partial charge in [0.1, 0.15) is 5.82 Å². The van der Waals surface area contributed by atoms with Gasteiger partial charge < -0.3 is 10.6 Å². The lowest BCUT2D eigenvalue weighted by atomic mass is 10.2. The van der Waals surface area contributed by atoms with Crippen molar-refractivity contribution in [3.8, 4) is 0 Å². The van der Waals surface area contributed by atoms with Crippen molar-refractivity contribution in [1.82, 2.24) is 10.6 Å². The van der Waals surface area contributed by atoms with Crippen LogP contribution in [0.2, 0.25) is 0 Å². The van der Waals surface area contributed by atoms with Gasteiger partial charge in [-0.05, 0) is 50.1 Å². The number of hydrogen-bond donors (Lipinski definition) is 3. The number of aryl methyl sites for hydroxylation is 1. The van der Waals surface area contributed by atoms with Crippen LogP contribution in [0.15, 0.2) is 23.2 Å². The molecule has 154 valence electrons. The molecule has 0 aromatic heterocycles. The number of aliphatic imine (C=N–C) groups is 1. The van der Waals surface area contributed by atoms with Gasteiger partial charge in [0.05, 0.1) is 11.4 Å². The number of hydrogen-bond acceptors (Lipinski definition) is 4. The normalized spacial score (nSPS) is 20.1. The maximum absolute atomic E-state index is 13.5. The minimum atomic E-state index is -3.57. The largest absolute Gasteiger partial charge is 0.355 e. The molecule has 0 bridgehead atoms. The number of nitrogens with one attached hydrogen (secondary N) is 3. The Kier molecular flexibility index (Phi) is 10.2. The third kappa shape index (κ3) is 8.02. The van der Waals surface area contributed by atoms with Crippen molar-refractivity contribution in [2.24, 2.45) is 4.99 Å². The Hall–Kier alpha value is -0.750. The summed E-state index contributed by atoms with van der Waals surface area (Å²) in [6.45, 7) is 1.84. The smallest absolute Gasteiger partial charge is 0.234 e. The van der Waals surface area contributed by atoms with Gasteiger partial charge in [-0.3, -0.25) is 9.71 Å². The van der Waals surface area contributed by atoms with Gasteiger partial charge in [-0.25, -0.2) is 12.8 Å². The zero-order valence-corrected chi connectivity index (χ0v) is 19.8. The molecule has 0 amide bonds. The van der Waals surface area contributed by atoms with Crippen LogP contribution < -0.4 is 15.4 Å². The second-order valence-corrected chi connectivity index (χ2v) is 9.38. The van der Waals surface area contributed by atoms with Crippen LogP contribution in [0.5, 0.6) is 0 Å². The average molecular weight is 530 g/mol. The van der Waals surface area contributed by atoms with E-state index in [2.05, 4.69) is 26.6 Å². The Labute approximate surface area is 182 Å². The van der Waals surface area contributed by atoms with Crippen LogP contribution in [0.1, 0.15) is 24.8 Å². The quantitative estimate of drug-likeness (QED) is 0.287. The van der Waals surface area contributed by atoms with E-state index in [1.54, 1.807) is 26.1 Å². The number of benzene rings is 1. The van der Waals surface area contributed by atoms with Crippen molar-refractivity contribution >= 4 is 57.4 Å². The molecule has 2 atom stereocenters. The zero-order valence-electron chi connectivity index (χ0n) is 15.8. The van der Waals surface area contributed by atoms with E-state index in [-0.39, 0.29) is 42.0 Å². The molecule has 0 aliphatic heterocycles. The van der Waals surface area contributed by atoms with Crippen molar-refractivity contribution in [2.75, 3.05) is 30.3 Å². The molecular weight excluding hydrogens is 502 g/mol. The number of halogens is 2. The topological polar surface area (TPSA) is 82.6 Å². The van der Waals surface area contributed by atoms with Crippen molar-refractivity contribution in [1.29, 1.82) is 0 Å². The van der Waals surface area contributed by atoms with E-state index in [9.17, 15) is 12.8 Å². The summed E-state index contributed by atoms with van der Waals surface area (Å²) in [6, 6.07) is 4.64. The first-order valence-electron chi connectivity index (χ1n) is 8.59. The molecule has 0 spiro atoms. The Morgan fingerprint density at radius 3 is 2.70 bits per heavy atom. The number of nitrogens with zero attached hydrogens (tertiary/aromatic N) is 1. The van der Waals surface area contributed by atoms with Crippen LogP contribution in [0.4, 0.5) is 10.1 Å². The number of sulfonamides is 1. The van der Waals surface area contributed by atoms with Crippen LogP contribution in [-0.4, -0.2) is 51.3 Å². The summed E-state index contributed by atoms with van der Waals surface area (Å²) in [7, 11) is -1.91. The highest BCUT2D eigenvalue weighted by atomic mass is 127. The molecular formula is C17H28FIN4O2S2.